The second kappa shape index (κ2) is 9.01. The molecule has 0 aliphatic carbocycles. The van der Waals surface area contributed by atoms with Crippen LogP contribution in [0.1, 0.15) is 39.0 Å². The van der Waals surface area contributed by atoms with Crippen molar-refractivity contribution < 1.29 is 14.4 Å². The molecule has 7 nitrogen and oxygen atoms in total. The summed E-state index contributed by atoms with van der Waals surface area (Å²) in [6, 6.07) is 0. The van der Waals surface area contributed by atoms with Crippen LogP contribution < -0.4 is 11.1 Å². The van der Waals surface area contributed by atoms with Gasteiger partial charge in [0.1, 0.15) is 0 Å². The Morgan fingerprint density at radius 2 is 1.58 bits per heavy atom. The minimum atomic E-state index is -0.259. The van der Waals surface area contributed by atoms with Crippen LogP contribution >= 0.6 is 0 Å². The first-order valence-electron chi connectivity index (χ1n) is 9.08. The van der Waals surface area contributed by atoms with Gasteiger partial charge < -0.3 is 16.0 Å². The summed E-state index contributed by atoms with van der Waals surface area (Å²) in [7, 11) is 0. The van der Waals surface area contributed by atoms with E-state index in [1.54, 1.807) is 0 Å². The quantitative estimate of drug-likeness (QED) is 0.710. The largest absolute Gasteiger partial charge is 0.369 e. The van der Waals surface area contributed by atoms with Gasteiger partial charge in [0.2, 0.25) is 17.7 Å². The number of rotatable bonds is 6. The van der Waals surface area contributed by atoms with Gasteiger partial charge >= 0.3 is 0 Å². The molecule has 2 fully saturated rings. The second-order valence-electron chi connectivity index (χ2n) is 6.90. The molecule has 0 aromatic rings. The molecule has 2 aliphatic rings. The monoisotopic (exact) mass is 338 g/mol. The Bertz CT molecular complexity index is 453. The fraction of sp³-hybridized carbons (Fsp3) is 0.824. The average molecular weight is 338 g/mol. The molecular weight excluding hydrogens is 308 g/mol. The Labute approximate surface area is 143 Å². The van der Waals surface area contributed by atoms with Crippen LogP contribution in [0, 0.1) is 11.8 Å². The van der Waals surface area contributed by atoms with E-state index in [1.165, 1.54) is 0 Å². The molecule has 0 radical (unpaired) electrons. The molecule has 0 spiro atoms. The lowest BCUT2D eigenvalue weighted by Crippen LogP contribution is -2.48. The lowest BCUT2D eigenvalue weighted by atomic mass is 9.95. The van der Waals surface area contributed by atoms with Gasteiger partial charge in [-0.1, -0.05) is 6.92 Å². The van der Waals surface area contributed by atoms with Crippen molar-refractivity contribution in [3.05, 3.63) is 0 Å². The van der Waals surface area contributed by atoms with Crippen molar-refractivity contribution in [2.75, 3.05) is 39.3 Å². The van der Waals surface area contributed by atoms with Gasteiger partial charge in [-0.15, -0.1) is 0 Å². The van der Waals surface area contributed by atoms with E-state index in [-0.39, 0.29) is 29.6 Å². The number of hydrogen-bond acceptors (Lipinski definition) is 4. The summed E-state index contributed by atoms with van der Waals surface area (Å²) < 4.78 is 0. The first-order valence-corrected chi connectivity index (χ1v) is 9.08. The van der Waals surface area contributed by atoms with Crippen molar-refractivity contribution in [3.8, 4) is 0 Å². The van der Waals surface area contributed by atoms with E-state index in [9.17, 15) is 14.4 Å². The third kappa shape index (κ3) is 5.19. The lowest BCUT2D eigenvalue weighted by molar-refractivity contribution is -0.136. The molecule has 3 N–H and O–H groups in total. The van der Waals surface area contributed by atoms with E-state index in [2.05, 4.69) is 10.2 Å². The number of primary amides is 1. The van der Waals surface area contributed by atoms with Gasteiger partial charge in [0.15, 0.2) is 0 Å². The minimum absolute atomic E-state index is 0.0780. The Hall–Kier alpha value is -1.63. The summed E-state index contributed by atoms with van der Waals surface area (Å²) in [5, 5.41) is 2.95. The summed E-state index contributed by atoms with van der Waals surface area (Å²) in [5.41, 5.74) is 5.32. The highest BCUT2D eigenvalue weighted by molar-refractivity contribution is 5.80. The number of piperidine rings is 2. The summed E-state index contributed by atoms with van der Waals surface area (Å²) in [6.45, 7) is 5.98. The number of likely N-dealkylation sites (tertiary alicyclic amines) is 2. The molecule has 136 valence electrons. The predicted molar refractivity (Wildman–Crippen MR) is 91.0 cm³/mol. The highest BCUT2D eigenvalue weighted by atomic mass is 16.2. The standard InChI is InChI=1S/C17H30N4O3/c1-2-7-19-17(24)14-3-8-20(9-4-14)12-15(22)21-10-5-13(6-11-21)16(18)23/h13-14H,2-12H2,1H3,(H2,18,23)(H,19,24). The number of nitrogens with one attached hydrogen (secondary N) is 1. The molecule has 2 heterocycles. The number of carbonyl (C=O) groups excluding carboxylic acids is 3. The molecule has 24 heavy (non-hydrogen) atoms. The SMILES string of the molecule is CCCNC(=O)C1CCN(CC(=O)N2CCC(C(N)=O)CC2)CC1. The van der Waals surface area contributed by atoms with Gasteiger partial charge in [-0.05, 0) is 45.2 Å². The minimum Gasteiger partial charge on any atom is -0.369 e. The van der Waals surface area contributed by atoms with Gasteiger partial charge in [-0.2, -0.15) is 0 Å². The highest BCUT2D eigenvalue weighted by Crippen LogP contribution is 2.19. The predicted octanol–water partition coefficient (Wildman–Crippen LogP) is -0.0515. The van der Waals surface area contributed by atoms with Crippen molar-refractivity contribution in [2.45, 2.75) is 39.0 Å². The maximum absolute atomic E-state index is 12.4. The third-order valence-electron chi connectivity index (χ3n) is 5.12. The molecule has 2 rings (SSSR count). The molecule has 0 bridgehead atoms. The van der Waals surface area contributed by atoms with E-state index in [0.29, 0.717) is 32.5 Å². The second-order valence-corrected chi connectivity index (χ2v) is 6.90. The number of hydrogen-bond donors (Lipinski definition) is 2. The van der Waals surface area contributed by atoms with Crippen LogP contribution in [0.4, 0.5) is 0 Å². The molecule has 2 aliphatic heterocycles. The average Bonchev–Trinajstić information content (AvgIpc) is 2.60. The van der Waals surface area contributed by atoms with Gasteiger partial charge in [0.25, 0.3) is 0 Å². The number of carbonyl (C=O) groups is 3. The van der Waals surface area contributed by atoms with Gasteiger partial charge in [0.05, 0.1) is 6.54 Å². The summed E-state index contributed by atoms with van der Waals surface area (Å²) in [4.78, 5) is 39.5. The van der Waals surface area contributed by atoms with Crippen LogP contribution in [0.15, 0.2) is 0 Å². The molecule has 2 saturated heterocycles. The summed E-state index contributed by atoms with van der Waals surface area (Å²) >= 11 is 0. The van der Waals surface area contributed by atoms with E-state index in [4.69, 9.17) is 5.73 Å². The van der Waals surface area contributed by atoms with E-state index in [0.717, 1.165) is 38.9 Å². The number of nitrogens with zero attached hydrogens (tertiary/aromatic N) is 2. The first kappa shape index (κ1) is 18.7. The molecule has 0 unspecified atom stereocenters. The topological polar surface area (TPSA) is 95.7 Å². The maximum Gasteiger partial charge on any atom is 0.236 e. The molecule has 0 aromatic carbocycles. The van der Waals surface area contributed by atoms with Crippen LogP contribution in [-0.2, 0) is 14.4 Å². The first-order chi connectivity index (χ1) is 11.5. The zero-order valence-corrected chi connectivity index (χ0v) is 14.6. The number of amides is 3. The lowest BCUT2D eigenvalue weighted by Gasteiger charge is -2.35. The van der Waals surface area contributed by atoms with Crippen LogP contribution in [0.5, 0.6) is 0 Å². The van der Waals surface area contributed by atoms with Crippen LogP contribution in [0.25, 0.3) is 0 Å². The van der Waals surface area contributed by atoms with Crippen molar-refractivity contribution in [1.29, 1.82) is 0 Å². The molecule has 0 aromatic heterocycles. The summed E-state index contributed by atoms with van der Waals surface area (Å²) in [6.07, 6.45) is 3.91. The molecule has 3 amide bonds. The summed E-state index contributed by atoms with van der Waals surface area (Å²) in [5.74, 6) is -0.00526. The maximum atomic E-state index is 12.4. The Balaban J connectivity index is 1.69. The van der Waals surface area contributed by atoms with Crippen molar-refractivity contribution in [3.63, 3.8) is 0 Å². The molecular formula is C17H30N4O3. The van der Waals surface area contributed by atoms with E-state index in [1.807, 2.05) is 11.8 Å². The Morgan fingerprint density at radius 1 is 1.00 bits per heavy atom. The Morgan fingerprint density at radius 3 is 2.12 bits per heavy atom. The van der Waals surface area contributed by atoms with Crippen LogP contribution in [-0.4, -0.2) is 66.8 Å². The van der Waals surface area contributed by atoms with Gasteiger partial charge in [0, 0.05) is 31.5 Å². The smallest absolute Gasteiger partial charge is 0.236 e. The number of nitrogens with two attached hydrogens (primary N) is 1. The third-order valence-corrected chi connectivity index (χ3v) is 5.12. The molecule has 0 saturated carbocycles. The molecule has 0 atom stereocenters. The fourth-order valence-electron chi connectivity index (χ4n) is 3.45. The van der Waals surface area contributed by atoms with Crippen molar-refractivity contribution >= 4 is 17.7 Å². The van der Waals surface area contributed by atoms with Gasteiger partial charge in [-0.3, -0.25) is 19.3 Å². The van der Waals surface area contributed by atoms with Crippen molar-refractivity contribution in [1.82, 2.24) is 15.1 Å². The van der Waals surface area contributed by atoms with E-state index >= 15 is 0 Å². The van der Waals surface area contributed by atoms with E-state index < -0.39 is 0 Å². The van der Waals surface area contributed by atoms with Crippen LogP contribution in [0.2, 0.25) is 0 Å². The zero-order chi connectivity index (χ0) is 17.5. The van der Waals surface area contributed by atoms with Gasteiger partial charge in [-0.25, -0.2) is 0 Å². The van der Waals surface area contributed by atoms with Crippen LogP contribution in [0.3, 0.4) is 0 Å². The Kier molecular flexibility index (Phi) is 7.02. The normalized spacial score (nSPS) is 20.8. The fourth-order valence-corrected chi connectivity index (χ4v) is 3.45. The van der Waals surface area contributed by atoms with Crippen molar-refractivity contribution in [2.24, 2.45) is 17.6 Å². The zero-order valence-electron chi connectivity index (χ0n) is 14.6. The molecule has 7 heteroatoms. The highest BCUT2D eigenvalue weighted by Gasteiger charge is 2.29.